The summed E-state index contributed by atoms with van der Waals surface area (Å²) in [6, 6.07) is 10.2. The van der Waals surface area contributed by atoms with E-state index in [0.717, 1.165) is 9.58 Å². The molecule has 8 nitrogen and oxygen atoms in total. The zero-order valence-corrected chi connectivity index (χ0v) is 23.7. The third kappa shape index (κ3) is 5.13. The van der Waals surface area contributed by atoms with Crippen molar-refractivity contribution in [2.24, 2.45) is 11.1 Å². The molecule has 2 amide bonds. The number of benzene rings is 1. The van der Waals surface area contributed by atoms with Gasteiger partial charge in [0.1, 0.15) is 16.8 Å². The molecule has 0 bridgehead atoms. The van der Waals surface area contributed by atoms with E-state index in [-0.39, 0.29) is 47.9 Å². The molecule has 0 spiro atoms. The lowest BCUT2D eigenvalue weighted by Crippen LogP contribution is -2.73. The van der Waals surface area contributed by atoms with E-state index in [1.54, 1.807) is 17.6 Å². The number of fused-ring (bicyclic) bond motifs is 2. The average molecular weight is 608 g/mol. The summed E-state index contributed by atoms with van der Waals surface area (Å²) in [4.78, 5) is 52.0. The first-order chi connectivity index (χ1) is 18.2. The van der Waals surface area contributed by atoms with Gasteiger partial charge in [-0.1, -0.05) is 59.8 Å². The largest absolute Gasteiger partial charge is 0.481 e. The quantitative estimate of drug-likeness (QED) is 0.261. The van der Waals surface area contributed by atoms with Gasteiger partial charge in [0.25, 0.3) is 0 Å². The maximum atomic E-state index is 12.9. The van der Waals surface area contributed by atoms with Crippen molar-refractivity contribution < 1.29 is 19.5 Å². The van der Waals surface area contributed by atoms with Crippen LogP contribution in [0.1, 0.15) is 11.1 Å². The molecule has 1 aromatic carbocycles. The normalized spacial score (nSPS) is 22.9. The van der Waals surface area contributed by atoms with Crippen molar-refractivity contribution in [3.63, 3.8) is 0 Å². The maximum Gasteiger partial charge on any atom is 0.316 e. The van der Waals surface area contributed by atoms with Crippen molar-refractivity contribution in [1.82, 2.24) is 10.2 Å². The number of thioether (sulfide) groups is 2. The number of carbonyl (C=O) groups excluding carboxylic acids is 2. The van der Waals surface area contributed by atoms with Crippen LogP contribution in [0.15, 0.2) is 56.9 Å². The lowest BCUT2D eigenvalue weighted by Gasteiger charge is -2.53. The molecule has 2 aliphatic rings. The molecule has 2 fully saturated rings. The fraction of sp³-hybridized carbons (Fsp3) is 0.280. The van der Waals surface area contributed by atoms with Crippen molar-refractivity contribution in [3.8, 4) is 0 Å². The van der Waals surface area contributed by atoms with Crippen LogP contribution in [0.4, 0.5) is 0 Å². The highest BCUT2D eigenvalue weighted by Gasteiger charge is 2.56. The lowest BCUT2D eigenvalue weighted by atomic mass is 9.87. The molecule has 4 heterocycles. The van der Waals surface area contributed by atoms with Crippen LogP contribution >= 0.6 is 57.8 Å². The van der Waals surface area contributed by atoms with Gasteiger partial charge < -0.3 is 21.1 Å². The standard InChI is InChI=1S/C25H22ClN3O5S4/c26-16-9-14-19(31)15(10-27)22(38-23(14)37-16)35-7-6-25(24(33)34)11-29-20(32)18(21(29)36-12-25)28-17(30)8-13-4-2-1-3-5-13/h1-7,9,18,21H,8,10-12,27H2,(H,28,30)(H,33,34)/t18?,21-,25?/m1/s1. The third-order valence-electron chi connectivity index (χ3n) is 6.44. The second-order valence-electron chi connectivity index (χ2n) is 8.91. The number of amides is 2. The molecule has 2 aromatic heterocycles. The van der Waals surface area contributed by atoms with Crippen LogP contribution in [-0.4, -0.2) is 51.5 Å². The van der Waals surface area contributed by atoms with Gasteiger partial charge >= 0.3 is 5.97 Å². The van der Waals surface area contributed by atoms with Gasteiger partial charge in [-0.25, -0.2) is 0 Å². The Hall–Kier alpha value is -2.35. The minimum atomic E-state index is -1.30. The molecule has 3 atom stereocenters. The molecule has 0 saturated carbocycles. The Morgan fingerprint density at radius 2 is 2.03 bits per heavy atom. The smallest absolute Gasteiger partial charge is 0.316 e. The summed E-state index contributed by atoms with van der Waals surface area (Å²) in [5.74, 6) is -1.35. The van der Waals surface area contributed by atoms with E-state index in [0.29, 0.717) is 19.5 Å². The third-order valence-corrected chi connectivity index (χ3v) is 11.7. The van der Waals surface area contributed by atoms with Gasteiger partial charge in [0.2, 0.25) is 11.8 Å². The van der Waals surface area contributed by atoms with E-state index in [4.69, 9.17) is 17.3 Å². The number of halogens is 1. The molecule has 38 heavy (non-hydrogen) atoms. The minimum Gasteiger partial charge on any atom is -0.481 e. The summed E-state index contributed by atoms with van der Waals surface area (Å²) >= 11 is 11.4. The number of rotatable bonds is 8. The van der Waals surface area contributed by atoms with Gasteiger partial charge in [-0.2, -0.15) is 0 Å². The summed E-state index contributed by atoms with van der Waals surface area (Å²) in [5, 5.41) is 14.8. The average Bonchev–Trinajstić information content (AvgIpc) is 3.28. The number of thiophene rings is 1. The number of carboxylic acid groups (broad SMARTS) is 1. The number of carboxylic acids is 1. The number of aliphatic carboxylic acids is 1. The van der Waals surface area contributed by atoms with Gasteiger partial charge in [0, 0.05) is 24.4 Å². The molecule has 2 unspecified atom stereocenters. The van der Waals surface area contributed by atoms with Crippen molar-refractivity contribution in [2.75, 3.05) is 12.3 Å². The predicted octanol–water partition coefficient (Wildman–Crippen LogP) is 3.75. The van der Waals surface area contributed by atoms with Crippen LogP contribution in [0, 0.1) is 5.41 Å². The Morgan fingerprint density at radius 3 is 2.74 bits per heavy atom. The predicted molar refractivity (Wildman–Crippen MR) is 154 cm³/mol. The molecular formula is C25H22ClN3O5S4. The Bertz CT molecular complexity index is 1510. The fourth-order valence-electron chi connectivity index (χ4n) is 4.38. The monoisotopic (exact) mass is 607 g/mol. The van der Waals surface area contributed by atoms with Crippen LogP contribution in [0.2, 0.25) is 4.34 Å². The molecule has 2 aliphatic heterocycles. The van der Waals surface area contributed by atoms with Gasteiger partial charge in [-0.3, -0.25) is 19.2 Å². The van der Waals surface area contributed by atoms with Crippen molar-refractivity contribution in [2.45, 2.75) is 28.6 Å². The number of carbonyl (C=O) groups is 3. The van der Waals surface area contributed by atoms with Crippen molar-refractivity contribution >= 4 is 85.0 Å². The Morgan fingerprint density at radius 1 is 1.26 bits per heavy atom. The van der Waals surface area contributed by atoms with E-state index >= 15 is 0 Å². The van der Waals surface area contributed by atoms with Crippen LogP contribution in [0.3, 0.4) is 0 Å². The zero-order chi connectivity index (χ0) is 27.0. The van der Waals surface area contributed by atoms with E-state index < -0.39 is 17.4 Å². The first-order valence-electron chi connectivity index (χ1n) is 11.5. The molecule has 2 saturated heterocycles. The minimum absolute atomic E-state index is 0.000493. The van der Waals surface area contributed by atoms with E-state index in [1.807, 2.05) is 30.3 Å². The zero-order valence-electron chi connectivity index (χ0n) is 19.7. The molecule has 198 valence electrons. The van der Waals surface area contributed by atoms with Gasteiger partial charge in [-0.15, -0.1) is 34.4 Å². The number of nitrogens with one attached hydrogen (secondary N) is 1. The molecule has 13 heteroatoms. The Labute approximate surface area is 239 Å². The van der Waals surface area contributed by atoms with E-state index in [2.05, 4.69) is 5.32 Å². The molecular weight excluding hydrogens is 586 g/mol. The molecule has 5 rings (SSSR count). The van der Waals surface area contributed by atoms with Gasteiger partial charge in [-0.05, 0) is 17.0 Å². The van der Waals surface area contributed by atoms with Crippen LogP contribution in [0.25, 0.3) is 9.40 Å². The second kappa shape index (κ2) is 11.0. The van der Waals surface area contributed by atoms with E-state index in [1.165, 1.54) is 51.1 Å². The summed E-state index contributed by atoms with van der Waals surface area (Å²) in [7, 11) is 0. The van der Waals surface area contributed by atoms with Gasteiger partial charge in [0.15, 0.2) is 5.43 Å². The molecule has 4 N–H and O–H groups in total. The molecule has 3 aromatic rings. The maximum absolute atomic E-state index is 12.9. The number of β-lactam (4-membered cyclic amide) rings is 1. The SMILES string of the molecule is NCc1c(SC=CC2(C(=O)O)CS[C@@H]3C(NC(=O)Cc4ccccc4)C(=O)N3C2)sc2sc(Cl)cc2c1=O. The topological polar surface area (TPSA) is 130 Å². The van der Waals surface area contributed by atoms with Crippen molar-refractivity contribution in [1.29, 1.82) is 0 Å². The second-order valence-corrected chi connectivity index (χ2v) is 14.2. The van der Waals surface area contributed by atoms with E-state index in [9.17, 15) is 24.3 Å². The first-order valence-corrected chi connectivity index (χ1v) is 15.4. The molecule has 0 radical (unpaired) electrons. The number of nitrogens with two attached hydrogens (primary N) is 1. The van der Waals surface area contributed by atoms with Crippen LogP contribution in [0.5, 0.6) is 0 Å². The number of hydrogen-bond donors (Lipinski definition) is 3. The van der Waals surface area contributed by atoms with Crippen LogP contribution in [-0.2, 0) is 27.3 Å². The summed E-state index contributed by atoms with van der Waals surface area (Å²) < 4.78 is 1.98. The number of nitrogens with zero attached hydrogens (tertiary/aromatic N) is 1. The fourth-order valence-corrected chi connectivity index (χ4v) is 9.94. The first kappa shape index (κ1) is 27.2. The highest BCUT2D eigenvalue weighted by molar-refractivity contribution is 8.04. The van der Waals surface area contributed by atoms with Gasteiger partial charge in [0.05, 0.1) is 24.4 Å². The Balaban J connectivity index is 1.27. The summed E-state index contributed by atoms with van der Waals surface area (Å²) in [5.41, 5.74) is 5.69. The molecule has 0 aliphatic carbocycles. The Kier molecular flexibility index (Phi) is 7.90. The number of hydrogen-bond acceptors (Lipinski definition) is 9. The summed E-state index contributed by atoms with van der Waals surface area (Å²) in [6.07, 6.45) is 1.75. The highest BCUT2D eigenvalue weighted by Crippen LogP contribution is 2.44. The summed E-state index contributed by atoms with van der Waals surface area (Å²) in [6.45, 7) is 0.0523. The lowest BCUT2D eigenvalue weighted by molar-refractivity contribution is -0.156. The van der Waals surface area contributed by atoms with Crippen LogP contribution < -0.4 is 16.5 Å². The van der Waals surface area contributed by atoms with Crippen molar-refractivity contribution in [3.05, 3.63) is 73.6 Å². The highest BCUT2D eigenvalue weighted by atomic mass is 35.5.